The second-order valence-corrected chi connectivity index (χ2v) is 8.38. The molecule has 6 heteroatoms. The van der Waals surface area contributed by atoms with Gasteiger partial charge in [0.05, 0.1) is 25.0 Å². The Morgan fingerprint density at radius 2 is 2.00 bits per heavy atom. The molecule has 3 aliphatic rings. The van der Waals surface area contributed by atoms with Crippen LogP contribution in [0, 0.1) is 11.8 Å². The van der Waals surface area contributed by atoms with Gasteiger partial charge in [0.2, 0.25) is 5.91 Å². The number of amides is 2. The molecule has 0 aromatic carbocycles. The van der Waals surface area contributed by atoms with Crippen molar-refractivity contribution in [3.8, 4) is 0 Å². The molecule has 2 unspecified atom stereocenters. The van der Waals surface area contributed by atoms with Gasteiger partial charge in [0, 0.05) is 31.3 Å². The summed E-state index contributed by atoms with van der Waals surface area (Å²) in [5.41, 5.74) is -0.546. The van der Waals surface area contributed by atoms with E-state index in [2.05, 4.69) is 13.0 Å². The highest BCUT2D eigenvalue weighted by Gasteiger charge is 2.49. The Balaban J connectivity index is 1.91. The van der Waals surface area contributed by atoms with E-state index in [0.29, 0.717) is 19.5 Å². The maximum atomic E-state index is 12.9. The Morgan fingerprint density at radius 1 is 1.27 bits per heavy atom. The fraction of sp³-hybridized carbons (Fsp3) is 0.700. The third-order valence-electron chi connectivity index (χ3n) is 5.59. The molecule has 0 saturated carbocycles. The molecule has 0 spiro atoms. The summed E-state index contributed by atoms with van der Waals surface area (Å²) in [6.07, 6.45) is 7.15. The van der Waals surface area contributed by atoms with Gasteiger partial charge in [-0.15, -0.1) is 0 Å². The van der Waals surface area contributed by atoms with Gasteiger partial charge < -0.3 is 19.3 Å². The van der Waals surface area contributed by atoms with Crippen molar-refractivity contribution in [3.63, 3.8) is 0 Å². The topological polar surface area (TPSA) is 59.1 Å². The number of carbonyl (C=O) groups excluding carboxylic acids is 2. The number of ether oxygens (including phenoxy) is 2. The van der Waals surface area contributed by atoms with Crippen LogP contribution in [0.4, 0.5) is 4.79 Å². The van der Waals surface area contributed by atoms with Gasteiger partial charge in [-0.25, -0.2) is 4.79 Å². The Morgan fingerprint density at radius 3 is 2.65 bits per heavy atom. The zero-order chi connectivity index (χ0) is 19.1. The van der Waals surface area contributed by atoms with Crippen LogP contribution >= 0.6 is 0 Å². The number of methoxy groups -OCH3 is 1. The minimum absolute atomic E-state index is 0.0390. The maximum Gasteiger partial charge on any atom is 0.410 e. The van der Waals surface area contributed by atoms with Crippen molar-refractivity contribution in [1.82, 2.24) is 9.80 Å². The molecule has 2 amide bonds. The molecule has 26 heavy (non-hydrogen) atoms. The summed E-state index contributed by atoms with van der Waals surface area (Å²) in [7, 11) is 1.68. The van der Waals surface area contributed by atoms with Gasteiger partial charge in [0.25, 0.3) is 0 Å². The zero-order valence-corrected chi connectivity index (χ0v) is 16.4. The fourth-order valence-corrected chi connectivity index (χ4v) is 4.42. The summed E-state index contributed by atoms with van der Waals surface area (Å²) in [6, 6.07) is -0.0628. The van der Waals surface area contributed by atoms with Gasteiger partial charge in [-0.3, -0.25) is 4.79 Å². The number of hydrogen-bond acceptors (Lipinski definition) is 4. The van der Waals surface area contributed by atoms with Gasteiger partial charge in [-0.1, -0.05) is 19.1 Å². The molecule has 0 bridgehead atoms. The van der Waals surface area contributed by atoms with Crippen molar-refractivity contribution >= 4 is 12.0 Å². The molecule has 2 saturated heterocycles. The predicted molar refractivity (Wildman–Crippen MR) is 98.3 cm³/mol. The van der Waals surface area contributed by atoms with Crippen molar-refractivity contribution < 1.29 is 19.1 Å². The van der Waals surface area contributed by atoms with Crippen LogP contribution in [0.3, 0.4) is 0 Å². The number of allylic oxidation sites excluding steroid dienone is 3. The maximum absolute atomic E-state index is 12.9. The van der Waals surface area contributed by atoms with Gasteiger partial charge in [0.1, 0.15) is 5.60 Å². The van der Waals surface area contributed by atoms with Gasteiger partial charge in [-0.2, -0.15) is 0 Å². The smallest absolute Gasteiger partial charge is 0.410 e. The van der Waals surface area contributed by atoms with E-state index in [1.54, 1.807) is 7.11 Å². The Labute approximate surface area is 155 Å². The third kappa shape index (κ3) is 3.46. The first kappa shape index (κ1) is 18.8. The lowest BCUT2D eigenvalue weighted by molar-refractivity contribution is -0.132. The highest BCUT2D eigenvalue weighted by Crippen LogP contribution is 2.39. The molecule has 2 aliphatic heterocycles. The van der Waals surface area contributed by atoms with Crippen LogP contribution in [-0.2, 0) is 14.3 Å². The van der Waals surface area contributed by atoms with Crippen LogP contribution < -0.4 is 0 Å². The molecular weight excluding hydrogens is 332 g/mol. The van der Waals surface area contributed by atoms with Crippen LogP contribution in [0.15, 0.2) is 24.0 Å². The van der Waals surface area contributed by atoms with E-state index in [0.717, 1.165) is 12.2 Å². The van der Waals surface area contributed by atoms with E-state index in [1.807, 2.05) is 42.7 Å². The average molecular weight is 362 g/mol. The molecule has 3 rings (SSSR count). The Hall–Kier alpha value is -1.98. The van der Waals surface area contributed by atoms with Crippen molar-refractivity contribution in [1.29, 1.82) is 0 Å². The van der Waals surface area contributed by atoms with E-state index in [-0.39, 0.29) is 35.9 Å². The van der Waals surface area contributed by atoms with Crippen LogP contribution in [-0.4, -0.2) is 59.7 Å². The van der Waals surface area contributed by atoms with Crippen LogP contribution in [0.25, 0.3) is 0 Å². The molecule has 0 aromatic heterocycles. The number of carbonyl (C=O) groups is 2. The first-order valence-electron chi connectivity index (χ1n) is 9.44. The van der Waals surface area contributed by atoms with Crippen molar-refractivity contribution in [2.45, 2.75) is 58.2 Å². The number of nitrogens with zero attached hydrogens (tertiary/aromatic N) is 2. The predicted octanol–water partition coefficient (Wildman–Crippen LogP) is 2.95. The summed E-state index contributed by atoms with van der Waals surface area (Å²) in [5, 5.41) is 0. The minimum atomic E-state index is -0.546. The molecule has 2 heterocycles. The number of fused-ring (bicyclic) bond motifs is 1. The van der Waals surface area contributed by atoms with Gasteiger partial charge in [-0.05, 0) is 33.3 Å². The second-order valence-electron chi connectivity index (χ2n) is 8.38. The first-order valence-corrected chi connectivity index (χ1v) is 9.44. The lowest BCUT2D eigenvalue weighted by Gasteiger charge is -2.49. The summed E-state index contributed by atoms with van der Waals surface area (Å²) >= 11 is 0. The molecule has 4 atom stereocenters. The van der Waals surface area contributed by atoms with E-state index in [1.165, 1.54) is 0 Å². The largest absolute Gasteiger partial charge is 0.501 e. The summed E-state index contributed by atoms with van der Waals surface area (Å²) < 4.78 is 11.2. The van der Waals surface area contributed by atoms with Crippen molar-refractivity contribution in [2.75, 3.05) is 20.2 Å². The quantitative estimate of drug-likeness (QED) is 0.758. The normalized spacial score (nSPS) is 31.6. The average Bonchev–Trinajstić information content (AvgIpc) is 2.94. The number of piperazine rings is 1. The molecule has 0 radical (unpaired) electrons. The third-order valence-corrected chi connectivity index (χ3v) is 5.59. The molecule has 1 aliphatic carbocycles. The molecule has 144 valence electrons. The van der Waals surface area contributed by atoms with Gasteiger partial charge in [0.15, 0.2) is 0 Å². The summed E-state index contributed by atoms with van der Waals surface area (Å²) in [4.78, 5) is 29.0. The van der Waals surface area contributed by atoms with Crippen LogP contribution in [0.2, 0.25) is 0 Å². The van der Waals surface area contributed by atoms with Crippen LogP contribution in [0.1, 0.15) is 40.5 Å². The number of rotatable bonds is 2. The van der Waals surface area contributed by atoms with E-state index >= 15 is 0 Å². The van der Waals surface area contributed by atoms with E-state index in [4.69, 9.17) is 9.47 Å². The Kier molecular flexibility index (Phi) is 5.04. The fourth-order valence-electron chi connectivity index (χ4n) is 4.42. The van der Waals surface area contributed by atoms with E-state index in [9.17, 15) is 9.59 Å². The highest BCUT2D eigenvalue weighted by atomic mass is 16.6. The molecule has 0 aromatic rings. The SMILES string of the molecule is COC1=CC=CC([C@H]2[C@@H]3CCC(=O)N3CCN2C(=O)OC(C)(C)C)C1C. The summed E-state index contributed by atoms with van der Waals surface area (Å²) in [5.74, 6) is 1.32. The molecule has 2 fully saturated rings. The highest BCUT2D eigenvalue weighted by molar-refractivity contribution is 5.80. The second kappa shape index (κ2) is 6.97. The molecular formula is C20H30N2O4. The number of hydrogen-bond donors (Lipinski definition) is 0. The van der Waals surface area contributed by atoms with Gasteiger partial charge >= 0.3 is 6.09 Å². The first-order chi connectivity index (χ1) is 12.2. The van der Waals surface area contributed by atoms with E-state index < -0.39 is 5.60 Å². The molecule has 6 nitrogen and oxygen atoms in total. The molecule has 0 N–H and O–H groups in total. The van der Waals surface area contributed by atoms with Crippen molar-refractivity contribution in [3.05, 3.63) is 24.0 Å². The lowest BCUT2D eigenvalue weighted by Crippen LogP contribution is -2.63. The standard InChI is InChI=1S/C20H30N2O4/c1-13-14(7-6-8-16(13)25-5)18-15-9-10-17(23)21(15)11-12-22(18)19(24)26-20(2,3)4/h6-8,13-15,18H,9-12H2,1-5H3/t13?,14?,15-,18-/m0/s1. The monoisotopic (exact) mass is 362 g/mol. The zero-order valence-electron chi connectivity index (χ0n) is 16.4. The minimum Gasteiger partial charge on any atom is -0.501 e. The Bertz CT molecular complexity index is 634. The summed E-state index contributed by atoms with van der Waals surface area (Å²) in [6.45, 7) is 8.84. The van der Waals surface area contributed by atoms with Crippen molar-refractivity contribution in [2.24, 2.45) is 11.8 Å². The lowest BCUT2D eigenvalue weighted by atomic mass is 9.77. The van der Waals surface area contributed by atoms with Crippen LogP contribution in [0.5, 0.6) is 0 Å².